The van der Waals surface area contributed by atoms with Crippen LogP contribution in [0.5, 0.6) is 0 Å². The van der Waals surface area contributed by atoms with Crippen LogP contribution in [-0.4, -0.2) is 24.2 Å². The number of fused-ring (bicyclic) bond motifs is 1. The molecule has 6 nitrogen and oxygen atoms in total. The molecule has 28 heavy (non-hydrogen) atoms. The van der Waals surface area contributed by atoms with E-state index >= 15 is 0 Å². The summed E-state index contributed by atoms with van der Waals surface area (Å²) in [5.74, 6) is 0. The molecule has 1 N–H and O–H groups in total. The number of pyridine rings is 1. The molecule has 0 radical (unpaired) electrons. The number of halogens is 1. The monoisotopic (exact) mass is 418 g/mol. The lowest BCUT2D eigenvalue weighted by Gasteiger charge is -2.16. The molecule has 2 heterocycles. The third-order valence-corrected chi connectivity index (χ3v) is 5.27. The van der Waals surface area contributed by atoms with Crippen LogP contribution in [-0.2, 0) is 10.0 Å². The molecule has 1 aromatic carbocycles. The molecule has 0 atom stereocenters. The SMILES string of the molecule is CCC(CC)n1cc(-c2ccc(C#N)nc2)c2ccc(NS(C)(=O)=O)cc21.Cl. The lowest BCUT2D eigenvalue weighted by Crippen LogP contribution is -2.10. The van der Waals surface area contributed by atoms with E-state index in [1.54, 1.807) is 18.3 Å². The third kappa shape index (κ3) is 4.46. The highest BCUT2D eigenvalue weighted by molar-refractivity contribution is 7.92. The Bertz CT molecular complexity index is 1110. The second-order valence-electron chi connectivity index (χ2n) is 6.57. The average molecular weight is 419 g/mol. The Hall–Kier alpha value is -2.56. The van der Waals surface area contributed by atoms with Gasteiger partial charge in [-0.3, -0.25) is 4.72 Å². The van der Waals surface area contributed by atoms with E-state index in [-0.39, 0.29) is 12.4 Å². The Morgan fingerprint density at radius 1 is 1.21 bits per heavy atom. The van der Waals surface area contributed by atoms with Gasteiger partial charge in [0.2, 0.25) is 10.0 Å². The molecule has 0 saturated carbocycles. The van der Waals surface area contributed by atoms with Gasteiger partial charge in [0.05, 0.1) is 17.5 Å². The van der Waals surface area contributed by atoms with Gasteiger partial charge < -0.3 is 4.57 Å². The van der Waals surface area contributed by atoms with Crippen LogP contribution in [0.4, 0.5) is 5.69 Å². The number of hydrogen-bond acceptors (Lipinski definition) is 4. The predicted molar refractivity (Wildman–Crippen MR) is 115 cm³/mol. The minimum absolute atomic E-state index is 0. The Kier molecular flexibility index (Phi) is 6.70. The Labute approximate surface area is 171 Å². The minimum atomic E-state index is -3.34. The zero-order valence-corrected chi connectivity index (χ0v) is 17.6. The van der Waals surface area contributed by atoms with Crippen LogP contribution >= 0.6 is 12.4 Å². The first-order valence-corrected chi connectivity index (χ1v) is 10.7. The fourth-order valence-electron chi connectivity index (χ4n) is 3.36. The molecule has 0 spiro atoms. The number of nitriles is 1. The summed E-state index contributed by atoms with van der Waals surface area (Å²) in [6.07, 6.45) is 6.87. The molecule has 3 aromatic rings. The third-order valence-electron chi connectivity index (χ3n) is 4.66. The number of benzene rings is 1. The van der Waals surface area contributed by atoms with Crippen molar-refractivity contribution in [3.63, 3.8) is 0 Å². The van der Waals surface area contributed by atoms with E-state index in [1.165, 1.54) is 0 Å². The molecule has 148 valence electrons. The summed E-state index contributed by atoms with van der Waals surface area (Å²) in [6, 6.07) is 11.5. The molecule has 0 aliphatic rings. The number of rotatable bonds is 6. The highest BCUT2D eigenvalue weighted by Gasteiger charge is 2.16. The van der Waals surface area contributed by atoms with E-state index in [0.717, 1.165) is 41.1 Å². The van der Waals surface area contributed by atoms with E-state index in [1.807, 2.05) is 24.3 Å². The van der Waals surface area contributed by atoms with Gasteiger partial charge in [-0.05, 0) is 37.1 Å². The van der Waals surface area contributed by atoms with Crippen molar-refractivity contribution < 1.29 is 8.42 Å². The van der Waals surface area contributed by atoms with Crippen LogP contribution in [0.1, 0.15) is 38.4 Å². The largest absolute Gasteiger partial charge is 0.344 e. The first kappa shape index (κ1) is 21.7. The van der Waals surface area contributed by atoms with Crippen molar-refractivity contribution in [2.75, 3.05) is 11.0 Å². The van der Waals surface area contributed by atoms with Gasteiger partial charge in [-0.25, -0.2) is 13.4 Å². The number of nitrogens with zero attached hydrogens (tertiary/aromatic N) is 3. The Morgan fingerprint density at radius 3 is 2.46 bits per heavy atom. The summed E-state index contributed by atoms with van der Waals surface area (Å²) in [5.41, 5.74) is 3.82. The van der Waals surface area contributed by atoms with E-state index < -0.39 is 10.0 Å². The van der Waals surface area contributed by atoms with Crippen LogP contribution in [0.3, 0.4) is 0 Å². The lowest BCUT2D eigenvalue weighted by molar-refractivity contribution is 0.486. The zero-order valence-electron chi connectivity index (χ0n) is 16.0. The maximum absolute atomic E-state index is 11.6. The first-order chi connectivity index (χ1) is 12.9. The van der Waals surface area contributed by atoms with Gasteiger partial charge in [-0.1, -0.05) is 19.9 Å². The summed E-state index contributed by atoms with van der Waals surface area (Å²) in [7, 11) is -3.34. The van der Waals surface area contributed by atoms with Crippen LogP contribution in [0.2, 0.25) is 0 Å². The Morgan fingerprint density at radius 2 is 1.93 bits per heavy atom. The molecule has 3 rings (SSSR count). The average Bonchev–Trinajstić information content (AvgIpc) is 3.00. The summed E-state index contributed by atoms with van der Waals surface area (Å²) in [4.78, 5) is 4.18. The van der Waals surface area contributed by atoms with Gasteiger partial charge in [-0.15, -0.1) is 12.4 Å². The second-order valence-corrected chi connectivity index (χ2v) is 8.32. The fourth-order valence-corrected chi connectivity index (χ4v) is 3.92. The maximum atomic E-state index is 11.6. The molecule has 0 fully saturated rings. The van der Waals surface area contributed by atoms with E-state index in [4.69, 9.17) is 5.26 Å². The summed E-state index contributed by atoms with van der Waals surface area (Å²) >= 11 is 0. The highest BCUT2D eigenvalue weighted by Crippen LogP contribution is 2.35. The lowest BCUT2D eigenvalue weighted by atomic mass is 10.1. The molecule has 0 saturated heterocycles. The smallest absolute Gasteiger partial charge is 0.229 e. The normalized spacial score (nSPS) is 11.2. The van der Waals surface area contributed by atoms with E-state index in [9.17, 15) is 8.42 Å². The fraction of sp³-hybridized carbons (Fsp3) is 0.300. The van der Waals surface area contributed by atoms with E-state index in [0.29, 0.717) is 17.4 Å². The number of nitrogens with one attached hydrogen (secondary N) is 1. The standard InChI is InChI=1S/C20H22N4O2S.ClH/c1-4-17(5-2)24-13-19(14-6-7-16(11-21)22-12-14)18-9-8-15(10-20(18)24)23-27(3,25)26;/h6-10,12-13,17,23H,4-5H2,1-3H3;1H. The molecule has 0 amide bonds. The summed E-state index contributed by atoms with van der Waals surface area (Å²) in [5, 5.41) is 9.98. The van der Waals surface area contributed by atoms with Gasteiger partial charge in [0.1, 0.15) is 11.8 Å². The molecular formula is C20H23ClN4O2S. The molecule has 8 heteroatoms. The van der Waals surface area contributed by atoms with Crippen molar-refractivity contribution in [2.24, 2.45) is 0 Å². The summed E-state index contributed by atoms with van der Waals surface area (Å²) < 4.78 is 28.0. The van der Waals surface area contributed by atoms with Crippen molar-refractivity contribution >= 4 is 39.0 Å². The Balaban J connectivity index is 0.00000280. The molecule has 0 unspecified atom stereocenters. The van der Waals surface area contributed by atoms with Crippen LogP contribution in [0.25, 0.3) is 22.0 Å². The van der Waals surface area contributed by atoms with Crippen LogP contribution < -0.4 is 4.72 Å². The molecule has 0 bridgehead atoms. The van der Waals surface area contributed by atoms with Gasteiger partial charge in [0.25, 0.3) is 0 Å². The zero-order chi connectivity index (χ0) is 19.6. The van der Waals surface area contributed by atoms with Gasteiger partial charge in [0.15, 0.2) is 0 Å². The van der Waals surface area contributed by atoms with Crippen molar-refractivity contribution in [1.29, 1.82) is 5.26 Å². The van der Waals surface area contributed by atoms with Crippen molar-refractivity contribution in [3.05, 3.63) is 48.4 Å². The molecular weight excluding hydrogens is 396 g/mol. The predicted octanol–water partition coefficient (Wildman–Crippen LogP) is 4.73. The number of sulfonamides is 1. The second kappa shape index (κ2) is 8.63. The van der Waals surface area contributed by atoms with Gasteiger partial charge in [0, 0.05) is 34.9 Å². The van der Waals surface area contributed by atoms with E-state index in [2.05, 4.69) is 34.3 Å². The van der Waals surface area contributed by atoms with Crippen molar-refractivity contribution in [2.45, 2.75) is 32.7 Å². The van der Waals surface area contributed by atoms with Crippen LogP contribution in [0.15, 0.2) is 42.7 Å². The van der Waals surface area contributed by atoms with Crippen molar-refractivity contribution in [3.8, 4) is 17.2 Å². The highest BCUT2D eigenvalue weighted by atomic mass is 35.5. The summed E-state index contributed by atoms with van der Waals surface area (Å²) in [6.45, 7) is 4.28. The number of anilines is 1. The molecule has 0 aliphatic heterocycles. The topological polar surface area (TPSA) is 87.8 Å². The number of aromatic nitrogens is 2. The van der Waals surface area contributed by atoms with Gasteiger partial charge in [-0.2, -0.15) is 5.26 Å². The van der Waals surface area contributed by atoms with Crippen LogP contribution in [0, 0.1) is 11.3 Å². The molecule has 0 aliphatic carbocycles. The quantitative estimate of drug-likeness (QED) is 0.626. The molecule has 2 aromatic heterocycles. The first-order valence-electron chi connectivity index (χ1n) is 8.85. The number of hydrogen-bond donors (Lipinski definition) is 1. The minimum Gasteiger partial charge on any atom is -0.344 e. The van der Waals surface area contributed by atoms with Gasteiger partial charge >= 0.3 is 0 Å². The maximum Gasteiger partial charge on any atom is 0.229 e. The van der Waals surface area contributed by atoms with Crippen molar-refractivity contribution in [1.82, 2.24) is 9.55 Å².